The predicted molar refractivity (Wildman–Crippen MR) is 124 cm³/mol. The van der Waals surface area contributed by atoms with Crippen LogP contribution in [0.2, 0.25) is 0 Å². The van der Waals surface area contributed by atoms with E-state index < -0.39 is 43.6 Å². The summed E-state index contributed by atoms with van der Waals surface area (Å²) < 4.78 is 32.0. The molecule has 34 heavy (non-hydrogen) atoms. The molecule has 2 aromatic rings. The van der Waals surface area contributed by atoms with E-state index in [1.54, 1.807) is 31.7 Å². The van der Waals surface area contributed by atoms with Crippen LogP contribution in [0.4, 0.5) is 5.82 Å². The Kier molecular flexibility index (Phi) is 9.12. The molecule has 2 rings (SSSR count). The zero-order valence-corrected chi connectivity index (χ0v) is 21.1. The molecule has 0 aliphatic heterocycles. The number of fused-ring (bicyclic) bond motifs is 1. The third kappa shape index (κ3) is 7.73. The lowest BCUT2D eigenvalue weighted by Gasteiger charge is -2.32. The number of nitrogens with zero attached hydrogens (tertiary/aromatic N) is 4. The van der Waals surface area contributed by atoms with Crippen LogP contribution < -0.4 is 10.8 Å². The number of hydrogen-bond donors (Lipinski definition) is 3. The van der Waals surface area contributed by atoms with E-state index in [4.69, 9.17) is 24.8 Å². The number of carboxylic acid groups (broad SMARTS) is 1. The number of aromatic nitrogens is 4. The molecule has 0 radical (unpaired) electrons. The lowest BCUT2D eigenvalue weighted by Crippen LogP contribution is -2.48. The summed E-state index contributed by atoms with van der Waals surface area (Å²) in [6.45, 7) is 9.93. The van der Waals surface area contributed by atoms with E-state index in [9.17, 15) is 14.2 Å². The second kappa shape index (κ2) is 11.2. The van der Waals surface area contributed by atoms with Gasteiger partial charge in [0.15, 0.2) is 11.5 Å². The highest BCUT2D eigenvalue weighted by Crippen LogP contribution is 2.46. The quantitative estimate of drug-likeness (QED) is 0.270. The maximum atomic E-state index is 13.7. The second-order valence-corrected chi connectivity index (χ2v) is 10.9. The van der Waals surface area contributed by atoms with Gasteiger partial charge in [-0.2, -0.15) is 0 Å². The fourth-order valence-corrected chi connectivity index (χ4v) is 5.31. The van der Waals surface area contributed by atoms with Gasteiger partial charge in [0.2, 0.25) is 0 Å². The van der Waals surface area contributed by atoms with E-state index in [2.05, 4.69) is 20.0 Å². The Morgan fingerprint density at radius 1 is 1.21 bits per heavy atom. The van der Waals surface area contributed by atoms with E-state index in [-0.39, 0.29) is 18.3 Å². The first kappa shape index (κ1) is 27.6. The standard InChI is InChI=1S/C20H33N6O7P/c1-12(2)32-19(29)20(5,6)25-34(30,33-13(3)7-15(27)28)11-31-14(4)8-26-10-24-16-17(21)22-9-23-18(16)26/h9-10,12-14H,7-8,11H2,1-6H3,(H,25,30)(H,27,28)(H2,21,22,23)/t13-,14+,34?/m0/s1. The molecule has 2 heterocycles. The Bertz CT molecular complexity index is 1060. The molecule has 0 spiro atoms. The number of anilines is 1. The van der Waals surface area contributed by atoms with E-state index in [1.165, 1.54) is 27.1 Å². The fourth-order valence-electron chi connectivity index (χ4n) is 3.08. The number of nitrogens with one attached hydrogen (secondary N) is 1. The molecule has 0 fully saturated rings. The van der Waals surface area contributed by atoms with Crippen molar-refractivity contribution in [1.82, 2.24) is 24.6 Å². The Hall–Kier alpha value is -2.60. The summed E-state index contributed by atoms with van der Waals surface area (Å²) in [6.07, 6.45) is 0.329. The van der Waals surface area contributed by atoms with Crippen LogP contribution in [0.15, 0.2) is 12.7 Å². The van der Waals surface area contributed by atoms with E-state index in [0.29, 0.717) is 17.7 Å². The van der Waals surface area contributed by atoms with Crippen molar-refractivity contribution in [3.63, 3.8) is 0 Å². The molecule has 13 nitrogen and oxygen atoms in total. The van der Waals surface area contributed by atoms with Gasteiger partial charge in [-0.3, -0.25) is 14.2 Å². The second-order valence-electron chi connectivity index (χ2n) is 8.81. The largest absolute Gasteiger partial charge is 0.481 e. The number of aliphatic carboxylic acids is 1. The number of carboxylic acids is 1. The summed E-state index contributed by atoms with van der Waals surface area (Å²) in [7, 11) is -3.86. The summed E-state index contributed by atoms with van der Waals surface area (Å²) in [5, 5.41) is 11.8. The third-order valence-corrected chi connectivity index (χ3v) is 6.62. The molecule has 0 aliphatic rings. The number of hydrogen-bond acceptors (Lipinski definition) is 10. The van der Waals surface area contributed by atoms with Crippen molar-refractivity contribution in [3.05, 3.63) is 12.7 Å². The van der Waals surface area contributed by atoms with Crippen LogP contribution >= 0.6 is 7.52 Å². The average Bonchev–Trinajstić information content (AvgIpc) is 3.09. The van der Waals surface area contributed by atoms with Crippen LogP contribution in [0.3, 0.4) is 0 Å². The zero-order chi connectivity index (χ0) is 25.7. The van der Waals surface area contributed by atoms with Gasteiger partial charge in [-0.15, -0.1) is 0 Å². The van der Waals surface area contributed by atoms with Gasteiger partial charge in [0.25, 0.3) is 7.52 Å². The molecule has 0 saturated heterocycles. The number of carbonyl (C=O) groups is 2. The molecule has 0 saturated carbocycles. The molecule has 0 amide bonds. The molecule has 1 unspecified atom stereocenters. The van der Waals surface area contributed by atoms with Crippen molar-refractivity contribution in [3.8, 4) is 0 Å². The topological polar surface area (TPSA) is 181 Å². The highest BCUT2D eigenvalue weighted by molar-refractivity contribution is 7.56. The lowest BCUT2D eigenvalue weighted by molar-refractivity contribution is -0.153. The first-order valence-electron chi connectivity index (χ1n) is 10.7. The van der Waals surface area contributed by atoms with Crippen molar-refractivity contribution in [2.24, 2.45) is 0 Å². The first-order valence-corrected chi connectivity index (χ1v) is 12.6. The SMILES string of the molecule is CC(C)OC(=O)C(C)(C)NP(=O)(CO[C@H](C)Cn1cnc2c(N)ncnc21)O[C@@H](C)CC(=O)O. The predicted octanol–water partition coefficient (Wildman–Crippen LogP) is 2.16. The minimum absolute atomic E-state index is 0.252. The van der Waals surface area contributed by atoms with Gasteiger partial charge in [-0.1, -0.05) is 0 Å². The van der Waals surface area contributed by atoms with Crippen molar-refractivity contribution < 1.29 is 33.3 Å². The summed E-state index contributed by atoms with van der Waals surface area (Å²) in [4.78, 5) is 35.8. The highest BCUT2D eigenvalue weighted by Gasteiger charge is 2.40. The molecule has 3 atom stereocenters. The van der Waals surface area contributed by atoms with Crippen molar-refractivity contribution in [2.45, 2.75) is 78.4 Å². The van der Waals surface area contributed by atoms with Crippen molar-refractivity contribution >= 4 is 36.4 Å². The number of rotatable bonds is 13. The van der Waals surface area contributed by atoms with Crippen LogP contribution in [0.1, 0.15) is 48.0 Å². The molecule has 190 valence electrons. The van der Waals surface area contributed by atoms with Crippen molar-refractivity contribution in [1.29, 1.82) is 0 Å². The molecule has 0 aromatic carbocycles. The van der Waals surface area contributed by atoms with Gasteiger partial charge in [-0.05, 0) is 41.5 Å². The average molecular weight is 500 g/mol. The number of esters is 1. The third-order valence-electron chi connectivity index (χ3n) is 4.53. The highest BCUT2D eigenvalue weighted by atomic mass is 31.2. The van der Waals surface area contributed by atoms with Gasteiger partial charge in [0, 0.05) is 0 Å². The number of imidazole rings is 1. The number of nitrogens with two attached hydrogens (primary N) is 1. The zero-order valence-electron chi connectivity index (χ0n) is 20.2. The number of carbonyl (C=O) groups excluding carboxylic acids is 1. The lowest BCUT2D eigenvalue weighted by atomic mass is 10.1. The minimum atomic E-state index is -3.86. The van der Waals surface area contributed by atoms with Gasteiger partial charge < -0.3 is 29.4 Å². The molecule has 0 aliphatic carbocycles. The number of nitrogen functional groups attached to an aromatic ring is 1. The Morgan fingerprint density at radius 3 is 2.50 bits per heavy atom. The van der Waals surface area contributed by atoms with Crippen LogP contribution in [0.25, 0.3) is 11.2 Å². The number of ether oxygens (including phenoxy) is 2. The summed E-state index contributed by atoms with van der Waals surface area (Å²) in [6, 6.07) is 0. The van der Waals surface area contributed by atoms with Crippen molar-refractivity contribution in [2.75, 3.05) is 12.1 Å². The van der Waals surface area contributed by atoms with E-state index >= 15 is 0 Å². The minimum Gasteiger partial charge on any atom is -0.481 e. The van der Waals surface area contributed by atoms with Crippen LogP contribution in [-0.2, 0) is 34.7 Å². The Morgan fingerprint density at radius 2 is 1.88 bits per heavy atom. The molecular weight excluding hydrogens is 467 g/mol. The molecule has 4 N–H and O–H groups in total. The molecule has 2 aromatic heterocycles. The summed E-state index contributed by atoms with van der Waals surface area (Å²) >= 11 is 0. The van der Waals surface area contributed by atoms with Crippen LogP contribution in [0, 0.1) is 0 Å². The Balaban J connectivity index is 2.14. The maximum absolute atomic E-state index is 13.7. The van der Waals surface area contributed by atoms with Gasteiger partial charge in [-0.25, -0.2) is 20.0 Å². The van der Waals surface area contributed by atoms with E-state index in [0.717, 1.165) is 0 Å². The van der Waals surface area contributed by atoms with Gasteiger partial charge >= 0.3 is 11.9 Å². The summed E-state index contributed by atoms with van der Waals surface area (Å²) in [5.41, 5.74) is 5.40. The Labute approximate surface area is 197 Å². The smallest absolute Gasteiger partial charge is 0.326 e. The fraction of sp³-hybridized carbons (Fsp3) is 0.650. The summed E-state index contributed by atoms with van der Waals surface area (Å²) in [5.74, 6) is -1.49. The monoisotopic (exact) mass is 500 g/mol. The van der Waals surface area contributed by atoms with E-state index in [1.807, 2.05) is 0 Å². The van der Waals surface area contributed by atoms with Gasteiger partial charge in [0.05, 0.1) is 37.6 Å². The molecule has 0 bridgehead atoms. The molecule has 14 heteroatoms. The van der Waals surface area contributed by atoms with Crippen LogP contribution in [-0.4, -0.2) is 66.8 Å². The van der Waals surface area contributed by atoms with Gasteiger partial charge in [0.1, 0.15) is 23.7 Å². The normalized spacial score (nSPS) is 15.7. The first-order chi connectivity index (χ1) is 15.7. The molecular formula is C20H33N6O7P. The van der Waals surface area contributed by atoms with Crippen LogP contribution in [0.5, 0.6) is 0 Å². The maximum Gasteiger partial charge on any atom is 0.326 e.